The molecule has 1 saturated heterocycles. The fourth-order valence-corrected chi connectivity index (χ4v) is 4.17. The number of hydrogen-bond donors (Lipinski definition) is 2. The Labute approximate surface area is 161 Å². The molecular formula is C16H21Cl2N5OS. The van der Waals surface area contributed by atoms with Gasteiger partial charge in [-0.05, 0) is 38.4 Å². The van der Waals surface area contributed by atoms with Crippen molar-refractivity contribution >= 4 is 46.4 Å². The Hall–Kier alpha value is -1.41. The summed E-state index contributed by atoms with van der Waals surface area (Å²) in [6.45, 7) is 4.99. The second-order valence-electron chi connectivity index (χ2n) is 5.94. The minimum Gasteiger partial charge on any atom is -0.308 e. The van der Waals surface area contributed by atoms with Gasteiger partial charge >= 0.3 is 0 Å². The van der Waals surface area contributed by atoms with Crippen molar-refractivity contribution in [3.63, 3.8) is 0 Å². The molecule has 0 amide bonds. The standard InChI is InChI=1S/C16H19N5OS.2ClH/c1-2-11-10(8-17-20-11)13-7-12-15(23-13)16(22)19-14(18-12)9-21-5-3-4-6-21;;/h7-8H,2-6,9H2,1H3,(H,17,20)(H,18,19,22);2*1H. The number of likely N-dealkylation sites (tertiary alicyclic amines) is 1. The SMILES string of the molecule is CCc1[nH]ncc1-c1cc2nc(CN3CCCC3)[nH]c(=O)c2s1.Cl.Cl. The Morgan fingerprint density at radius 1 is 1.28 bits per heavy atom. The monoisotopic (exact) mass is 401 g/mol. The van der Waals surface area contributed by atoms with Gasteiger partial charge in [-0.15, -0.1) is 36.2 Å². The smallest absolute Gasteiger partial charge is 0.268 e. The van der Waals surface area contributed by atoms with Crippen LogP contribution >= 0.6 is 36.2 Å². The molecule has 3 aromatic rings. The maximum Gasteiger partial charge on any atom is 0.268 e. The van der Waals surface area contributed by atoms with E-state index in [1.165, 1.54) is 24.2 Å². The summed E-state index contributed by atoms with van der Waals surface area (Å²) in [7, 11) is 0. The molecule has 1 aliphatic rings. The topological polar surface area (TPSA) is 77.7 Å². The predicted octanol–water partition coefficient (Wildman–Crippen LogP) is 3.38. The van der Waals surface area contributed by atoms with E-state index >= 15 is 0 Å². The molecule has 0 aromatic carbocycles. The molecule has 0 bridgehead atoms. The molecule has 4 heterocycles. The van der Waals surface area contributed by atoms with Crippen LogP contribution in [0.1, 0.15) is 31.3 Å². The lowest BCUT2D eigenvalue weighted by Crippen LogP contribution is -2.22. The molecule has 4 rings (SSSR count). The molecule has 0 saturated carbocycles. The zero-order valence-electron chi connectivity index (χ0n) is 13.9. The Morgan fingerprint density at radius 2 is 2.04 bits per heavy atom. The van der Waals surface area contributed by atoms with E-state index in [4.69, 9.17) is 0 Å². The summed E-state index contributed by atoms with van der Waals surface area (Å²) >= 11 is 1.48. The second-order valence-corrected chi connectivity index (χ2v) is 6.99. The lowest BCUT2D eigenvalue weighted by molar-refractivity contribution is 0.322. The van der Waals surface area contributed by atoms with Crippen LogP contribution in [0.4, 0.5) is 0 Å². The molecule has 3 aromatic heterocycles. The van der Waals surface area contributed by atoms with Crippen molar-refractivity contribution in [1.29, 1.82) is 0 Å². The van der Waals surface area contributed by atoms with Crippen molar-refractivity contribution in [2.45, 2.75) is 32.7 Å². The minimum atomic E-state index is -0.0398. The first kappa shape index (κ1) is 19.9. The number of nitrogens with one attached hydrogen (secondary N) is 2. The molecule has 136 valence electrons. The maximum atomic E-state index is 12.4. The minimum absolute atomic E-state index is 0. The molecule has 6 nitrogen and oxygen atoms in total. The third kappa shape index (κ3) is 3.89. The summed E-state index contributed by atoms with van der Waals surface area (Å²) in [5.41, 5.74) is 2.90. The predicted molar refractivity (Wildman–Crippen MR) is 106 cm³/mol. The Kier molecular flexibility index (Phi) is 6.62. The van der Waals surface area contributed by atoms with E-state index in [-0.39, 0.29) is 30.4 Å². The summed E-state index contributed by atoms with van der Waals surface area (Å²) in [6.07, 6.45) is 5.17. The van der Waals surface area contributed by atoms with Crippen LogP contribution in [0.15, 0.2) is 17.1 Å². The van der Waals surface area contributed by atoms with Gasteiger partial charge in [0.25, 0.3) is 5.56 Å². The quantitative estimate of drug-likeness (QED) is 0.702. The lowest BCUT2D eigenvalue weighted by atomic mass is 10.2. The van der Waals surface area contributed by atoms with Crippen molar-refractivity contribution in [2.24, 2.45) is 0 Å². The highest BCUT2D eigenvalue weighted by atomic mass is 35.5. The van der Waals surface area contributed by atoms with Gasteiger partial charge in [-0.1, -0.05) is 6.92 Å². The van der Waals surface area contributed by atoms with Crippen molar-refractivity contribution in [3.8, 4) is 10.4 Å². The van der Waals surface area contributed by atoms with Gasteiger partial charge in [0.15, 0.2) is 0 Å². The van der Waals surface area contributed by atoms with Crippen molar-refractivity contribution in [1.82, 2.24) is 25.1 Å². The van der Waals surface area contributed by atoms with Crippen LogP contribution in [0.25, 0.3) is 20.7 Å². The molecular weight excluding hydrogens is 381 g/mol. The third-order valence-corrected chi connectivity index (χ3v) is 5.50. The number of aryl methyl sites for hydroxylation is 1. The summed E-state index contributed by atoms with van der Waals surface area (Å²) in [5.74, 6) is 0.761. The number of hydrogen-bond acceptors (Lipinski definition) is 5. The molecule has 0 unspecified atom stereocenters. The largest absolute Gasteiger partial charge is 0.308 e. The normalized spacial score (nSPS) is 14.4. The summed E-state index contributed by atoms with van der Waals surface area (Å²) in [5, 5.41) is 7.13. The highest BCUT2D eigenvalue weighted by molar-refractivity contribution is 7.22. The summed E-state index contributed by atoms with van der Waals surface area (Å²) in [4.78, 5) is 23.4. The van der Waals surface area contributed by atoms with E-state index in [2.05, 4.69) is 32.0 Å². The lowest BCUT2D eigenvalue weighted by Gasteiger charge is -2.13. The number of rotatable bonds is 4. The van der Waals surface area contributed by atoms with Crippen molar-refractivity contribution in [3.05, 3.63) is 34.1 Å². The van der Waals surface area contributed by atoms with Crippen molar-refractivity contribution < 1.29 is 0 Å². The van der Waals surface area contributed by atoms with Crippen LogP contribution in [0.3, 0.4) is 0 Å². The van der Waals surface area contributed by atoms with E-state index in [0.717, 1.165) is 53.5 Å². The average Bonchev–Trinajstić information content (AvgIpc) is 3.26. The summed E-state index contributed by atoms with van der Waals surface area (Å²) < 4.78 is 0.688. The van der Waals surface area contributed by atoms with Gasteiger partial charge in [-0.25, -0.2) is 4.98 Å². The molecule has 0 atom stereocenters. The number of halogens is 2. The average molecular weight is 402 g/mol. The highest BCUT2D eigenvalue weighted by Gasteiger charge is 2.16. The van der Waals surface area contributed by atoms with E-state index < -0.39 is 0 Å². The van der Waals surface area contributed by atoms with E-state index in [1.54, 1.807) is 0 Å². The van der Waals surface area contributed by atoms with Crippen LogP contribution in [0.5, 0.6) is 0 Å². The molecule has 25 heavy (non-hydrogen) atoms. The molecule has 9 heteroatoms. The van der Waals surface area contributed by atoms with Crippen molar-refractivity contribution in [2.75, 3.05) is 13.1 Å². The van der Waals surface area contributed by atoms with Gasteiger partial charge in [0.2, 0.25) is 0 Å². The van der Waals surface area contributed by atoms with Gasteiger partial charge in [0.1, 0.15) is 10.5 Å². The zero-order valence-corrected chi connectivity index (χ0v) is 16.3. The van der Waals surface area contributed by atoms with Crippen LogP contribution in [0.2, 0.25) is 0 Å². The molecule has 0 radical (unpaired) electrons. The number of aromatic nitrogens is 4. The Bertz CT molecular complexity index is 897. The van der Waals surface area contributed by atoms with Crippen LogP contribution in [-0.4, -0.2) is 38.2 Å². The van der Waals surface area contributed by atoms with Crippen LogP contribution in [-0.2, 0) is 13.0 Å². The first-order valence-corrected chi connectivity index (χ1v) is 8.84. The maximum absolute atomic E-state index is 12.4. The van der Waals surface area contributed by atoms with Crippen LogP contribution < -0.4 is 5.56 Å². The highest BCUT2D eigenvalue weighted by Crippen LogP contribution is 2.32. The van der Waals surface area contributed by atoms with Crippen LogP contribution in [0, 0.1) is 0 Å². The second kappa shape index (κ2) is 8.31. The zero-order chi connectivity index (χ0) is 15.8. The number of aromatic amines is 2. The number of fused-ring (bicyclic) bond motifs is 1. The first-order chi connectivity index (χ1) is 11.2. The Balaban J connectivity index is 0.00000113. The van der Waals surface area contributed by atoms with E-state index in [1.807, 2.05) is 12.3 Å². The Morgan fingerprint density at radius 3 is 2.76 bits per heavy atom. The first-order valence-electron chi connectivity index (χ1n) is 8.02. The molecule has 0 spiro atoms. The van der Waals surface area contributed by atoms with Gasteiger partial charge < -0.3 is 4.98 Å². The summed E-state index contributed by atoms with van der Waals surface area (Å²) in [6, 6.07) is 2.01. The molecule has 1 aliphatic heterocycles. The number of nitrogens with zero attached hydrogens (tertiary/aromatic N) is 3. The molecule has 2 N–H and O–H groups in total. The molecule has 1 fully saturated rings. The van der Waals surface area contributed by atoms with Gasteiger partial charge in [0, 0.05) is 16.1 Å². The molecule has 0 aliphatic carbocycles. The fraction of sp³-hybridized carbons (Fsp3) is 0.438. The van der Waals surface area contributed by atoms with Gasteiger partial charge in [-0.2, -0.15) is 5.10 Å². The third-order valence-electron chi connectivity index (χ3n) is 4.34. The number of H-pyrrole nitrogens is 2. The van der Waals surface area contributed by atoms with Gasteiger partial charge in [0.05, 0.1) is 18.3 Å². The number of thiophene rings is 1. The van der Waals surface area contributed by atoms with Gasteiger partial charge in [-0.3, -0.25) is 14.8 Å². The fourth-order valence-electron chi connectivity index (χ4n) is 3.14. The van der Waals surface area contributed by atoms with E-state index in [9.17, 15) is 4.79 Å². The van der Waals surface area contributed by atoms with E-state index in [0.29, 0.717) is 4.70 Å².